The molecule has 7 nitrogen and oxygen atoms in total. The molecule has 1 fully saturated rings. The predicted octanol–water partition coefficient (Wildman–Crippen LogP) is 0.277. The molecule has 8 heteroatoms. The maximum atomic E-state index is 12.1. The van der Waals surface area contributed by atoms with Crippen molar-refractivity contribution in [3.05, 3.63) is 29.8 Å². The average Bonchev–Trinajstić information content (AvgIpc) is 3.03. The molecule has 1 aromatic rings. The van der Waals surface area contributed by atoms with Crippen LogP contribution in [-0.4, -0.2) is 44.8 Å². The van der Waals surface area contributed by atoms with Crippen LogP contribution in [0.4, 0.5) is 0 Å². The van der Waals surface area contributed by atoms with Crippen LogP contribution < -0.4 is 5.48 Å². The summed E-state index contributed by atoms with van der Waals surface area (Å²) in [7, 11) is -2.31. The van der Waals surface area contributed by atoms with Gasteiger partial charge >= 0.3 is 0 Å². The van der Waals surface area contributed by atoms with Gasteiger partial charge in [0.05, 0.1) is 7.11 Å². The van der Waals surface area contributed by atoms with E-state index in [1.54, 1.807) is 23.1 Å². The number of amides is 1. The number of rotatable bonds is 2. The summed E-state index contributed by atoms with van der Waals surface area (Å²) in [6.07, 6.45) is 1.43. The number of hydroxylamine groups is 1. The Hall–Kier alpha value is -1.93. The first kappa shape index (κ1) is 14.0. The van der Waals surface area contributed by atoms with Gasteiger partial charge < -0.3 is 4.90 Å². The molecule has 0 bridgehead atoms. The highest BCUT2D eigenvalue weighted by atomic mass is 32.2. The van der Waals surface area contributed by atoms with E-state index >= 15 is 0 Å². The van der Waals surface area contributed by atoms with E-state index in [0.29, 0.717) is 24.4 Å². The van der Waals surface area contributed by atoms with Crippen LogP contribution in [0.15, 0.2) is 33.6 Å². The summed E-state index contributed by atoms with van der Waals surface area (Å²) in [5, 5.41) is 0. The molecule has 0 saturated carbocycles. The minimum atomic E-state index is -3.67. The lowest BCUT2D eigenvalue weighted by molar-refractivity contribution is -0.134. The van der Waals surface area contributed by atoms with Crippen molar-refractivity contribution < 1.29 is 18.0 Å². The van der Waals surface area contributed by atoms with Gasteiger partial charge in [-0.25, -0.2) is 5.48 Å². The molecule has 2 aliphatic rings. The van der Waals surface area contributed by atoms with E-state index in [-0.39, 0.29) is 10.8 Å². The first-order valence-electron chi connectivity index (χ1n) is 6.58. The zero-order valence-electron chi connectivity index (χ0n) is 11.4. The minimum Gasteiger partial charge on any atom is -0.343 e. The van der Waals surface area contributed by atoms with Crippen molar-refractivity contribution >= 4 is 21.8 Å². The lowest BCUT2D eigenvalue weighted by Gasteiger charge is -2.25. The first-order chi connectivity index (χ1) is 10.0. The molecular weight excluding hydrogens is 294 g/mol. The first-order valence-corrected chi connectivity index (χ1v) is 8.02. The monoisotopic (exact) mass is 309 g/mol. The van der Waals surface area contributed by atoms with E-state index in [1.807, 2.05) is 0 Å². The van der Waals surface area contributed by atoms with Crippen LogP contribution in [0.2, 0.25) is 0 Å². The lowest BCUT2D eigenvalue weighted by Crippen LogP contribution is -2.45. The maximum Gasteiger partial charge on any atom is 0.285 e. The van der Waals surface area contributed by atoms with Gasteiger partial charge in [-0.05, 0) is 25.0 Å². The van der Waals surface area contributed by atoms with E-state index in [9.17, 15) is 13.2 Å². The minimum absolute atomic E-state index is 0.192. The van der Waals surface area contributed by atoms with Gasteiger partial charge in [-0.15, -0.1) is 4.40 Å². The number of hydrogen-bond acceptors (Lipinski definition) is 5. The quantitative estimate of drug-likeness (QED) is 0.793. The highest BCUT2D eigenvalue weighted by molar-refractivity contribution is 7.90. The fourth-order valence-corrected chi connectivity index (χ4v) is 3.97. The lowest BCUT2D eigenvalue weighted by atomic mass is 10.1. The molecule has 21 heavy (non-hydrogen) atoms. The Morgan fingerprint density at radius 1 is 1.43 bits per heavy atom. The molecule has 1 N–H and O–H groups in total. The average molecular weight is 309 g/mol. The summed E-state index contributed by atoms with van der Waals surface area (Å²) in [6, 6.07) is 6.19. The highest BCUT2D eigenvalue weighted by Crippen LogP contribution is 2.30. The Labute approximate surface area is 122 Å². The maximum absolute atomic E-state index is 12.1. The normalized spacial score (nSPS) is 22.8. The smallest absolute Gasteiger partial charge is 0.285 e. The zero-order valence-corrected chi connectivity index (χ0v) is 12.3. The van der Waals surface area contributed by atoms with Crippen LogP contribution in [0.25, 0.3) is 0 Å². The van der Waals surface area contributed by atoms with Crippen molar-refractivity contribution in [1.82, 2.24) is 10.4 Å². The zero-order chi connectivity index (χ0) is 15.0. The van der Waals surface area contributed by atoms with Gasteiger partial charge in [-0.3, -0.25) is 9.63 Å². The van der Waals surface area contributed by atoms with Crippen molar-refractivity contribution in [2.45, 2.75) is 23.8 Å². The standard InChI is InChI=1S/C13H15N3O4S/c1-20-14-13(17)10-6-4-8-16(10)12-9-5-2-3-7-11(9)21(18,19)15-12/h2-3,5,7,10H,4,6,8H2,1H3,(H,14,17)/t10-/m0/s1. The van der Waals surface area contributed by atoms with Gasteiger partial charge in [0, 0.05) is 12.1 Å². The largest absolute Gasteiger partial charge is 0.343 e. The summed E-state index contributed by atoms with van der Waals surface area (Å²) in [6.45, 7) is 0.588. The van der Waals surface area contributed by atoms with Crippen LogP contribution >= 0.6 is 0 Å². The molecular formula is C13H15N3O4S. The number of fused-ring (bicyclic) bond motifs is 1. The van der Waals surface area contributed by atoms with Crippen molar-refractivity contribution in [2.75, 3.05) is 13.7 Å². The molecule has 1 aromatic carbocycles. The third-order valence-corrected chi connectivity index (χ3v) is 4.97. The molecule has 1 saturated heterocycles. The van der Waals surface area contributed by atoms with Crippen LogP contribution in [-0.2, 0) is 19.7 Å². The molecule has 3 rings (SSSR count). The molecule has 0 unspecified atom stereocenters. The number of likely N-dealkylation sites (tertiary alicyclic amines) is 1. The van der Waals surface area contributed by atoms with Crippen LogP contribution in [0.3, 0.4) is 0 Å². The van der Waals surface area contributed by atoms with Gasteiger partial charge in [0.2, 0.25) is 0 Å². The molecule has 1 atom stereocenters. The Morgan fingerprint density at radius 3 is 2.95 bits per heavy atom. The van der Waals surface area contributed by atoms with Gasteiger partial charge in [0.25, 0.3) is 15.9 Å². The van der Waals surface area contributed by atoms with Crippen LogP contribution in [0.1, 0.15) is 18.4 Å². The SMILES string of the molecule is CONC(=O)[C@@H]1CCCN1C1=NS(=O)(=O)c2ccccc21. The summed E-state index contributed by atoms with van der Waals surface area (Å²) in [5.41, 5.74) is 2.85. The number of nitrogens with one attached hydrogen (secondary N) is 1. The fourth-order valence-electron chi connectivity index (χ4n) is 2.76. The van der Waals surface area contributed by atoms with Gasteiger partial charge in [-0.1, -0.05) is 12.1 Å². The third kappa shape index (κ3) is 2.30. The number of carbonyl (C=O) groups is 1. The predicted molar refractivity (Wildman–Crippen MR) is 75.0 cm³/mol. The fraction of sp³-hybridized carbons (Fsp3) is 0.385. The number of benzene rings is 1. The number of hydrogen-bond donors (Lipinski definition) is 1. The van der Waals surface area contributed by atoms with Crippen molar-refractivity contribution in [3.8, 4) is 0 Å². The number of amidine groups is 1. The number of carbonyl (C=O) groups excluding carboxylic acids is 1. The van der Waals surface area contributed by atoms with Gasteiger partial charge in [0.15, 0.2) is 5.84 Å². The number of sulfonamides is 1. The van der Waals surface area contributed by atoms with E-state index in [2.05, 4.69) is 14.7 Å². The van der Waals surface area contributed by atoms with Gasteiger partial charge in [-0.2, -0.15) is 8.42 Å². The molecule has 1 amide bonds. The molecule has 0 spiro atoms. The Balaban J connectivity index is 1.99. The summed E-state index contributed by atoms with van der Waals surface area (Å²) < 4.78 is 28.0. The van der Waals surface area contributed by atoms with Crippen LogP contribution in [0.5, 0.6) is 0 Å². The second-order valence-electron chi connectivity index (χ2n) is 4.91. The van der Waals surface area contributed by atoms with Gasteiger partial charge in [0.1, 0.15) is 10.9 Å². The summed E-state index contributed by atoms with van der Waals surface area (Å²) in [4.78, 5) is 18.6. The second-order valence-corrected chi connectivity index (χ2v) is 6.48. The Morgan fingerprint density at radius 2 is 2.19 bits per heavy atom. The van der Waals surface area contributed by atoms with E-state index < -0.39 is 16.1 Å². The van der Waals surface area contributed by atoms with Crippen molar-refractivity contribution in [2.24, 2.45) is 4.40 Å². The Bertz CT molecular complexity index is 714. The molecule has 0 aromatic heterocycles. The summed E-state index contributed by atoms with van der Waals surface area (Å²) >= 11 is 0. The highest BCUT2D eigenvalue weighted by Gasteiger charge is 2.39. The Kier molecular flexibility index (Phi) is 3.42. The van der Waals surface area contributed by atoms with Crippen molar-refractivity contribution in [1.29, 1.82) is 0 Å². The van der Waals surface area contributed by atoms with E-state index in [1.165, 1.54) is 13.2 Å². The molecule has 0 radical (unpaired) electrons. The molecule has 2 heterocycles. The second kappa shape index (κ2) is 5.12. The molecule has 2 aliphatic heterocycles. The third-order valence-electron chi connectivity index (χ3n) is 3.64. The molecule has 0 aliphatic carbocycles. The topological polar surface area (TPSA) is 88.1 Å². The summed E-state index contributed by atoms with van der Waals surface area (Å²) in [5.74, 6) is 0.0545. The van der Waals surface area contributed by atoms with Crippen molar-refractivity contribution in [3.63, 3.8) is 0 Å². The van der Waals surface area contributed by atoms with Crippen LogP contribution in [0, 0.1) is 0 Å². The van der Waals surface area contributed by atoms with E-state index in [4.69, 9.17) is 0 Å². The van der Waals surface area contributed by atoms with E-state index in [0.717, 1.165) is 6.42 Å². The number of nitrogens with zero attached hydrogens (tertiary/aromatic N) is 2. The molecule has 112 valence electrons.